The van der Waals surface area contributed by atoms with Gasteiger partial charge in [-0.05, 0) is 86.2 Å². The second-order valence-electron chi connectivity index (χ2n) is 11.0. The number of nitrogens with zero attached hydrogens (tertiary/aromatic N) is 1. The number of aryl methyl sites for hydroxylation is 1. The number of carbonyl (C=O) groups is 2. The quantitative estimate of drug-likeness (QED) is 0.230. The molecule has 0 saturated heterocycles. The van der Waals surface area contributed by atoms with Crippen LogP contribution in [0.5, 0.6) is 5.75 Å². The first kappa shape index (κ1) is 31.6. The Balaban J connectivity index is 1.35. The maximum absolute atomic E-state index is 13.1. The number of nitrogens with one attached hydrogen (secondary N) is 2. The lowest BCUT2D eigenvalue weighted by atomic mass is 10.0. The number of carbonyl (C=O) groups excluding carboxylic acids is 2. The summed E-state index contributed by atoms with van der Waals surface area (Å²) >= 11 is 0. The van der Waals surface area contributed by atoms with Gasteiger partial charge in [-0.25, -0.2) is 17.9 Å². The van der Waals surface area contributed by atoms with Crippen LogP contribution in [0.1, 0.15) is 59.7 Å². The Kier molecular flexibility index (Phi) is 9.46. The Bertz CT molecular complexity index is 1910. The second kappa shape index (κ2) is 13.5. The summed E-state index contributed by atoms with van der Waals surface area (Å²) in [4.78, 5) is 25.4. The van der Waals surface area contributed by atoms with Crippen LogP contribution in [0, 0.1) is 11.8 Å². The molecule has 0 bridgehead atoms. The molecule has 0 radical (unpaired) electrons. The minimum atomic E-state index is -4.27. The highest BCUT2D eigenvalue weighted by atomic mass is 32.2. The Morgan fingerprint density at radius 1 is 1.07 bits per heavy atom. The van der Waals surface area contributed by atoms with Gasteiger partial charge in [-0.1, -0.05) is 30.0 Å². The van der Waals surface area contributed by atoms with Crippen LogP contribution in [0.3, 0.4) is 0 Å². The van der Waals surface area contributed by atoms with Crippen LogP contribution < -0.4 is 14.8 Å². The van der Waals surface area contributed by atoms with Crippen molar-refractivity contribution in [1.82, 2.24) is 9.29 Å². The van der Waals surface area contributed by atoms with E-state index >= 15 is 0 Å². The molecular formula is C34H35N3O7S. The van der Waals surface area contributed by atoms with Crippen LogP contribution >= 0.6 is 0 Å². The van der Waals surface area contributed by atoms with Gasteiger partial charge in [0, 0.05) is 47.4 Å². The third kappa shape index (κ3) is 7.48. The molecule has 3 N–H and O–H groups in total. The summed E-state index contributed by atoms with van der Waals surface area (Å²) in [7, 11) is -0.853. The lowest BCUT2D eigenvalue weighted by Gasteiger charge is -2.13. The summed E-state index contributed by atoms with van der Waals surface area (Å²) in [5.41, 5.74) is 3.59. The molecule has 1 fully saturated rings. The molecule has 3 aromatic carbocycles. The van der Waals surface area contributed by atoms with E-state index < -0.39 is 28.1 Å². The number of benzene rings is 3. The van der Waals surface area contributed by atoms with Gasteiger partial charge in [0.15, 0.2) is 0 Å². The number of anilines is 1. The van der Waals surface area contributed by atoms with Crippen molar-refractivity contribution in [2.75, 3.05) is 12.4 Å². The molecule has 1 saturated carbocycles. The number of amides is 2. The van der Waals surface area contributed by atoms with E-state index in [2.05, 4.69) is 21.9 Å². The number of ether oxygens (including phenoxy) is 2. The number of aromatic nitrogens is 1. The number of hydrogen-bond acceptors (Lipinski definition) is 7. The molecule has 1 atom stereocenters. The summed E-state index contributed by atoms with van der Waals surface area (Å²) in [5, 5.41) is 13.3. The lowest BCUT2D eigenvalue weighted by molar-refractivity contribution is 0.0980. The number of methoxy groups -OCH3 is 1. The highest BCUT2D eigenvalue weighted by Gasteiger charge is 2.23. The lowest BCUT2D eigenvalue weighted by Crippen LogP contribution is -2.31. The third-order valence-corrected chi connectivity index (χ3v) is 9.03. The number of fused-ring (bicyclic) bond motifs is 1. The van der Waals surface area contributed by atoms with E-state index in [0.29, 0.717) is 17.9 Å². The van der Waals surface area contributed by atoms with Gasteiger partial charge >= 0.3 is 6.09 Å². The molecule has 0 spiro atoms. The van der Waals surface area contributed by atoms with Crippen molar-refractivity contribution in [3.8, 4) is 17.6 Å². The van der Waals surface area contributed by atoms with Crippen LogP contribution in [0.4, 0.5) is 10.5 Å². The van der Waals surface area contributed by atoms with Gasteiger partial charge in [-0.15, -0.1) is 0 Å². The standard InChI is InChI=1S/C34H35N3O7S/c1-22(38)12-13-23-8-4-7-11-32(23)45(41,42)36-33(39)25-15-14-24(31(19-25)43-3)18-26-21-37(2)30-17-16-27(20-29(26)30)35-34(40)44-28-9-5-6-10-28/h4,7-8,11,14-17,19-22,28,38H,5-6,9-10,18H2,1-3H3,(H,35,40)(H,36,39). The van der Waals surface area contributed by atoms with Crippen molar-refractivity contribution < 1.29 is 32.6 Å². The normalized spacial score (nSPS) is 14.0. The van der Waals surface area contributed by atoms with Gasteiger partial charge in [0.2, 0.25) is 0 Å². The smallest absolute Gasteiger partial charge is 0.411 e. The average Bonchev–Trinajstić information content (AvgIpc) is 3.63. The van der Waals surface area contributed by atoms with Gasteiger partial charge in [-0.2, -0.15) is 0 Å². The van der Waals surface area contributed by atoms with Crippen LogP contribution in [-0.2, 0) is 28.2 Å². The summed E-state index contributed by atoms with van der Waals surface area (Å²) in [5.74, 6) is 4.75. The van der Waals surface area contributed by atoms with Gasteiger partial charge in [0.1, 0.15) is 22.9 Å². The molecule has 1 aromatic heterocycles. The van der Waals surface area contributed by atoms with Gasteiger partial charge < -0.3 is 19.1 Å². The molecule has 1 heterocycles. The first-order valence-electron chi connectivity index (χ1n) is 14.6. The minimum Gasteiger partial charge on any atom is -0.496 e. The van der Waals surface area contributed by atoms with Crippen molar-refractivity contribution in [3.63, 3.8) is 0 Å². The highest BCUT2D eigenvalue weighted by Crippen LogP contribution is 2.30. The van der Waals surface area contributed by atoms with Gasteiger partial charge in [0.05, 0.1) is 7.11 Å². The molecule has 4 aromatic rings. The molecule has 234 valence electrons. The van der Waals surface area contributed by atoms with Crippen molar-refractivity contribution in [3.05, 3.63) is 89.1 Å². The number of hydrogen-bond donors (Lipinski definition) is 3. The number of sulfonamides is 1. The third-order valence-electron chi connectivity index (χ3n) is 7.64. The largest absolute Gasteiger partial charge is 0.496 e. The highest BCUT2D eigenvalue weighted by molar-refractivity contribution is 7.90. The molecule has 0 aliphatic heterocycles. The van der Waals surface area contributed by atoms with Crippen molar-refractivity contribution in [2.45, 2.75) is 56.1 Å². The van der Waals surface area contributed by atoms with Crippen LogP contribution in [-0.4, -0.2) is 49.4 Å². The predicted octanol–water partition coefficient (Wildman–Crippen LogP) is 5.12. The van der Waals surface area contributed by atoms with Gasteiger partial charge in [-0.3, -0.25) is 10.1 Å². The van der Waals surface area contributed by atoms with E-state index in [0.717, 1.165) is 47.7 Å². The van der Waals surface area contributed by atoms with E-state index in [4.69, 9.17) is 9.47 Å². The van der Waals surface area contributed by atoms with Gasteiger partial charge in [0.25, 0.3) is 15.9 Å². The number of aliphatic hydroxyl groups excluding tert-OH is 1. The summed E-state index contributed by atoms with van der Waals surface area (Å²) < 4.78 is 41.5. The van der Waals surface area contributed by atoms with Crippen molar-refractivity contribution >= 4 is 38.6 Å². The van der Waals surface area contributed by atoms with E-state index in [1.165, 1.54) is 38.3 Å². The second-order valence-corrected chi connectivity index (χ2v) is 12.7. The Morgan fingerprint density at radius 3 is 2.56 bits per heavy atom. The molecule has 1 unspecified atom stereocenters. The fraction of sp³-hybridized carbons (Fsp3) is 0.294. The summed E-state index contributed by atoms with van der Waals surface area (Å²) in [6.45, 7) is 1.47. The minimum absolute atomic E-state index is 0.0375. The zero-order chi connectivity index (χ0) is 32.1. The molecule has 2 amide bonds. The van der Waals surface area contributed by atoms with Crippen molar-refractivity contribution in [2.24, 2.45) is 7.05 Å². The first-order chi connectivity index (χ1) is 21.5. The van der Waals surface area contributed by atoms with E-state index in [1.807, 2.05) is 36.0 Å². The zero-order valence-electron chi connectivity index (χ0n) is 25.3. The maximum Gasteiger partial charge on any atom is 0.411 e. The van der Waals surface area contributed by atoms with Crippen LogP contribution in [0.25, 0.3) is 10.9 Å². The van der Waals surface area contributed by atoms with Crippen LogP contribution in [0.2, 0.25) is 0 Å². The van der Waals surface area contributed by atoms with E-state index in [1.54, 1.807) is 18.2 Å². The average molecular weight is 630 g/mol. The predicted molar refractivity (Wildman–Crippen MR) is 171 cm³/mol. The molecule has 1 aliphatic rings. The topological polar surface area (TPSA) is 136 Å². The summed E-state index contributed by atoms with van der Waals surface area (Å²) in [6.07, 6.45) is 4.92. The molecular weight excluding hydrogens is 594 g/mol. The maximum atomic E-state index is 13.1. The Hall–Kier alpha value is -4.79. The molecule has 5 rings (SSSR count). The Labute approximate surface area is 262 Å². The fourth-order valence-electron chi connectivity index (χ4n) is 5.46. The Morgan fingerprint density at radius 2 is 1.82 bits per heavy atom. The molecule has 10 nitrogen and oxygen atoms in total. The van der Waals surface area contributed by atoms with E-state index in [-0.39, 0.29) is 22.1 Å². The number of rotatable bonds is 8. The van der Waals surface area contributed by atoms with Crippen molar-refractivity contribution in [1.29, 1.82) is 0 Å². The zero-order valence-corrected chi connectivity index (χ0v) is 26.1. The SMILES string of the molecule is COc1cc(C(=O)NS(=O)(=O)c2ccccc2C#CC(C)O)ccc1Cc1cn(C)c2ccc(NC(=O)OC3CCCC3)cc12. The van der Waals surface area contributed by atoms with Crippen LogP contribution in [0.15, 0.2) is 71.8 Å². The molecule has 45 heavy (non-hydrogen) atoms. The fourth-order valence-corrected chi connectivity index (χ4v) is 6.59. The summed E-state index contributed by atoms with van der Waals surface area (Å²) in [6, 6.07) is 16.4. The molecule has 11 heteroatoms. The first-order valence-corrected chi connectivity index (χ1v) is 16.1. The van der Waals surface area contributed by atoms with E-state index in [9.17, 15) is 23.1 Å². The molecule has 1 aliphatic carbocycles. The monoisotopic (exact) mass is 629 g/mol. The number of aliphatic hydroxyl groups is 1.